The number of aryl methyl sites for hydroxylation is 1. The van der Waals surface area contributed by atoms with Crippen LogP contribution in [0.4, 0.5) is 0 Å². The van der Waals surface area contributed by atoms with Crippen LogP contribution in [0, 0.1) is 0 Å². The second-order valence-electron chi connectivity index (χ2n) is 4.48. The summed E-state index contributed by atoms with van der Waals surface area (Å²) in [6, 6.07) is 5.47. The van der Waals surface area contributed by atoms with Crippen LogP contribution >= 0.6 is 15.9 Å². The van der Waals surface area contributed by atoms with Gasteiger partial charge >= 0.3 is 5.97 Å². The molecule has 0 amide bonds. The van der Waals surface area contributed by atoms with Gasteiger partial charge in [-0.05, 0) is 35.4 Å². The van der Waals surface area contributed by atoms with Gasteiger partial charge < -0.3 is 9.84 Å². The first kappa shape index (κ1) is 15.3. The van der Waals surface area contributed by atoms with Crippen LogP contribution in [0.25, 0.3) is 6.08 Å². The summed E-state index contributed by atoms with van der Waals surface area (Å²) in [7, 11) is 1.88. The summed E-state index contributed by atoms with van der Waals surface area (Å²) in [5.41, 5.74) is 1.87. The first-order valence-corrected chi connectivity index (χ1v) is 7.15. The summed E-state index contributed by atoms with van der Waals surface area (Å²) in [5.74, 6) is -0.281. The van der Waals surface area contributed by atoms with E-state index in [-0.39, 0.29) is 0 Å². The van der Waals surface area contributed by atoms with Crippen LogP contribution in [0.1, 0.15) is 11.1 Å². The summed E-state index contributed by atoms with van der Waals surface area (Å²) < 4.78 is 8.26. The zero-order valence-electron chi connectivity index (χ0n) is 11.5. The van der Waals surface area contributed by atoms with Crippen LogP contribution in [-0.2, 0) is 18.3 Å². The minimum atomic E-state index is -0.982. The standard InChI is InChI=1S/C15H15BrN2O3/c1-18-10-11(9-17-18)6-7-21-13-3-4-14(16)12(8-13)2-5-15(19)20/h2-5,8-10H,6-7H2,1H3,(H,19,20)/b5-2+. The number of nitrogens with zero attached hydrogens (tertiary/aromatic N) is 2. The summed E-state index contributed by atoms with van der Waals surface area (Å²) in [6.45, 7) is 0.537. The summed E-state index contributed by atoms with van der Waals surface area (Å²) in [4.78, 5) is 10.6. The molecule has 21 heavy (non-hydrogen) atoms. The molecule has 0 atom stereocenters. The predicted molar refractivity (Wildman–Crippen MR) is 83.2 cm³/mol. The van der Waals surface area contributed by atoms with Gasteiger partial charge in [-0.3, -0.25) is 4.68 Å². The fourth-order valence-corrected chi connectivity index (χ4v) is 2.17. The van der Waals surface area contributed by atoms with Crippen molar-refractivity contribution in [3.63, 3.8) is 0 Å². The van der Waals surface area contributed by atoms with Gasteiger partial charge in [-0.2, -0.15) is 5.10 Å². The number of hydrogen-bond donors (Lipinski definition) is 1. The van der Waals surface area contributed by atoms with Crippen molar-refractivity contribution in [1.82, 2.24) is 9.78 Å². The molecule has 1 heterocycles. The molecule has 0 aliphatic rings. The molecule has 0 radical (unpaired) electrons. The normalized spacial score (nSPS) is 11.0. The van der Waals surface area contributed by atoms with Gasteiger partial charge in [0.25, 0.3) is 0 Å². The smallest absolute Gasteiger partial charge is 0.328 e. The van der Waals surface area contributed by atoms with Gasteiger partial charge in [-0.15, -0.1) is 0 Å². The lowest BCUT2D eigenvalue weighted by molar-refractivity contribution is -0.131. The SMILES string of the molecule is Cn1cc(CCOc2ccc(Br)c(/C=C/C(=O)O)c2)cn1. The van der Waals surface area contributed by atoms with Crippen molar-refractivity contribution in [2.75, 3.05) is 6.61 Å². The molecule has 1 aromatic heterocycles. The minimum absolute atomic E-state index is 0.537. The third kappa shape index (κ3) is 4.75. The Labute approximate surface area is 131 Å². The minimum Gasteiger partial charge on any atom is -0.493 e. The largest absolute Gasteiger partial charge is 0.493 e. The number of ether oxygens (including phenoxy) is 1. The van der Waals surface area contributed by atoms with Gasteiger partial charge in [-0.1, -0.05) is 15.9 Å². The molecular formula is C15H15BrN2O3. The number of benzene rings is 1. The number of aliphatic carboxylic acids is 1. The molecule has 110 valence electrons. The van der Waals surface area contributed by atoms with Crippen LogP contribution in [-0.4, -0.2) is 27.5 Å². The van der Waals surface area contributed by atoms with E-state index in [1.54, 1.807) is 10.7 Å². The van der Waals surface area contributed by atoms with Gasteiger partial charge in [0.05, 0.1) is 12.8 Å². The molecule has 2 aromatic rings. The van der Waals surface area contributed by atoms with Gasteiger partial charge in [0.15, 0.2) is 0 Å². The maximum absolute atomic E-state index is 10.6. The Balaban J connectivity index is 1.97. The molecule has 0 aliphatic heterocycles. The number of carbonyl (C=O) groups is 1. The van der Waals surface area contributed by atoms with E-state index in [4.69, 9.17) is 9.84 Å². The molecule has 6 heteroatoms. The number of halogens is 1. The molecule has 1 N–H and O–H groups in total. The quantitative estimate of drug-likeness (QED) is 0.813. The van der Waals surface area contributed by atoms with E-state index in [9.17, 15) is 4.79 Å². The van der Waals surface area contributed by atoms with Crippen molar-refractivity contribution in [3.05, 3.63) is 52.3 Å². The highest BCUT2D eigenvalue weighted by atomic mass is 79.9. The lowest BCUT2D eigenvalue weighted by atomic mass is 10.2. The highest BCUT2D eigenvalue weighted by Gasteiger charge is 2.02. The lowest BCUT2D eigenvalue weighted by Crippen LogP contribution is -2.01. The Morgan fingerprint density at radius 1 is 1.52 bits per heavy atom. The predicted octanol–water partition coefficient (Wildman–Crippen LogP) is 2.90. The van der Waals surface area contributed by atoms with Gasteiger partial charge in [0, 0.05) is 30.2 Å². The van der Waals surface area contributed by atoms with E-state index in [0.29, 0.717) is 12.4 Å². The molecule has 0 saturated heterocycles. The fraction of sp³-hybridized carbons (Fsp3) is 0.200. The van der Waals surface area contributed by atoms with Crippen molar-refractivity contribution in [2.45, 2.75) is 6.42 Å². The maximum Gasteiger partial charge on any atom is 0.328 e. The molecule has 0 saturated carbocycles. The Bertz CT molecular complexity index is 665. The van der Waals surface area contributed by atoms with E-state index in [1.165, 1.54) is 6.08 Å². The Morgan fingerprint density at radius 2 is 2.33 bits per heavy atom. The molecule has 0 spiro atoms. The van der Waals surface area contributed by atoms with Crippen molar-refractivity contribution in [1.29, 1.82) is 0 Å². The van der Waals surface area contributed by atoms with Crippen LogP contribution < -0.4 is 4.74 Å². The molecule has 0 bridgehead atoms. The van der Waals surface area contributed by atoms with Crippen LogP contribution in [0.2, 0.25) is 0 Å². The zero-order valence-corrected chi connectivity index (χ0v) is 13.1. The highest BCUT2D eigenvalue weighted by molar-refractivity contribution is 9.10. The first-order chi connectivity index (χ1) is 10.0. The van der Waals surface area contributed by atoms with Crippen LogP contribution in [0.15, 0.2) is 41.1 Å². The number of carboxylic acids is 1. The monoisotopic (exact) mass is 350 g/mol. The number of carboxylic acid groups (broad SMARTS) is 1. The van der Waals surface area contributed by atoms with Gasteiger partial charge in [0.1, 0.15) is 5.75 Å². The number of aromatic nitrogens is 2. The van der Waals surface area contributed by atoms with Crippen molar-refractivity contribution < 1.29 is 14.6 Å². The molecule has 0 aliphatic carbocycles. The maximum atomic E-state index is 10.6. The molecule has 2 rings (SSSR count). The lowest BCUT2D eigenvalue weighted by Gasteiger charge is -2.07. The van der Waals surface area contributed by atoms with Crippen molar-refractivity contribution in [3.8, 4) is 5.75 Å². The van der Waals surface area contributed by atoms with E-state index in [2.05, 4.69) is 21.0 Å². The second kappa shape index (κ2) is 7.08. The van der Waals surface area contributed by atoms with Crippen LogP contribution in [0.3, 0.4) is 0 Å². The average Bonchev–Trinajstić information content (AvgIpc) is 2.84. The van der Waals surface area contributed by atoms with E-state index >= 15 is 0 Å². The van der Waals surface area contributed by atoms with Crippen molar-refractivity contribution >= 4 is 28.0 Å². The average molecular weight is 351 g/mol. The highest BCUT2D eigenvalue weighted by Crippen LogP contribution is 2.24. The molecule has 1 aromatic carbocycles. The van der Waals surface area contributed by atoms with E-state index in [0.717, 1.165) is 28.1 Å². The topological polar surface area (TPSA) is 64.3 Å². The number of rotatable bonds is 6. The molecular weight excluding hydrogens is 336 g/mol. The Hall–Kier alpha value is -2.08. The first-order valence-electron chi connectivity index (χ1n) is 6.35. The zero-order chi connectivity index (χ0) is 15.2. The molecule has 5 nitrogen and oxygen atoms in total. The molecule has 0 fully saturated rings. The third-order valence-electron chi connectivity index (χ3n) is 2.79. The number of hydrogen-bond acceptors (Lipinski definition) is 3. The van der Waals surface area contributed by atoms with Crippen LogP contribution in [0.5, 0.6) is 5.75 Å². The fourth-order valence-electron chi connectivity index (χ4n) is 1.79. The summed E-state index contributed by atoms with van der Waals surface area (Å²) >= 11 is 3.38. The molecule has 0 unspecified atom stereocenters. The van der Waals surface area contributed by atoms with Gasteiger partial charge in [-0.25, -0.2) is 4.79 Å². The third-order valence-corrected chi connectivity index (χ3v) is 3.51. The van der Waals surface area contributed by atoms with Crippen molar-refractivity contribution in [2.24, 2.45) is 7.05 Å². The summed E-state index contributed by atoms with van der Waals surface area (Å²) in [5, 5.41) is 12.8. The second-order valence-corrected chi connectivity index (χ2v) is 5.33. The van der Waals surface area contributed by atoms with Gasteiger partial charge in [0.2, 0.25) is 0 Å². The Morgan fingerprint density at radius 3 is 3.00 bits per heavy atom. The van der Waals surface area contributed by atoms with E-state index in [1.807, 2.05) is 31.6 Å². The Kier molecular flexibility index (Phi) is 5.16. The summed E-state index contributed by atoms with van der Waals surface area (Å²) in [6.07, 6.45) is 7.15. The van der Waals surface area contributed by atoms with E-state index < -0.39 is 5.97 Å².